The lowest BCUT2D eigenvalue weighted by Crippen LogP contribution is -2.49. The van der Waals surface area contributed by atoms with Crippen LogP contribution in [0.15, 0.2) is 58.2 Å². The molecular weight excluding hydrogens is 444 g/mol. The molecule has 0 spiro atoms. The molecule has 3 aromatic rings. The van der Waals surface area contributed by atoms with Crippen molar-refractivity contribution in [2.45, 2.75) is 11.8 Å². The first-order valence-corrected chi connectivity index (χ1v) is 11.0. The maximum absolute atomic E-state index is 12.9. The number of benzene rings is 1. The Morgan fingerprint density at radius 2 is 1.68 bits per heavy atom. The van der Waals surface area contributed by atoms with Crippen molar-refractivity contribution in [3.05, 3.63) is 59.1 Å². The van der Waals surface area contributed by atoms with E-state index in [2.05, 4.69) is 35.9 Å². The molecule has 8 nitrogen and oxygen atoms in total. The van der Waals surface area contributed by atoms with Crippen LogP contribution in [0.25, 0.3) is 5.82 Å². The SMILES string of the molecule is Cc1nc(N2CCN(S(=O)(=O)c3ccc(Br)cc3)CC2)cc(-n2cccn2)n1. The van der Waals surface area contributed by atoms with E-state index in [9.17, 15) is 8.42 Å². The maximum atomic E-state index is 12.9. The van der Waals surface area contributed by atoms with Crippen molar-refractivity contribution in [3.8, 4) is 5.82 Å². The topological polar surface area (TPSA) is 84.2 Å². The van der Waals surface area contributed by atoms with E-state index in [4.69, 9.17) is 0 Å². The molecule has 1 fully saturated rings. The fourth-order valence-electron chi connectivity index (χ4n) is 3.13. The lowest BCUT2D eigenvalue weighted by Gasteiger charge is -2.34. The highest BCUT2D eigenvalue weighted by atomic mass is 79.9. The summed E-state index contributed by atoms with van der Waals surface area (Å²) in [6.45, 7) is 3.76. The van der Waals surface area contributed by atoms with Gasteiger partial charge in [0.25, 0.3) is 0 Å². The number of nitrogens with zero attached hydrogens (tertiary/aromatic N) is 6. The van der Waals surface area contributed by atoms with Crippen molar-refractivity contribution in [2.24, 2.45) is 0 Å². The zero-order valence-corrected chi connectivity index (χ0v) is 17.6. The van der Waals surface area contributed by atoms with E-state index in [1.54, 1.807) is 35.1 Å². The van der Waals surface area contributed by atoms with Crippen molar-refractivity contribution in [2.75, 3.05) is 31.1 Å². The highest BCUT2D eigenvalue weighted by molar-refractivity contribution is 9.10. The van der Waals surface area contributed by atoms with Crippen molar-refractivity contribution in [1.29, 1.82) is 0 Å². The number of hydrogen-bond acceptors (Lipinski definition) is 6. The van der Waals surface area contributed by atoms with Crippen LogP contribution in [-0.2, 0) is 10.0 Å². The molecule has 146 valence electrons. The molecule has 1 aliphatic heterocycles. The van der Waals surface area contributed by atoms with Gasteiger partial charge in [0.05, 0.1) is 4.90 Å². The van der Waals surface area contributed by atoms with Crippen LogP contribution in [0.5, 0.6) is 0 Å². The molecule has 28 heavy (non-hydrogen) atoms. The first-order chi connectivity index (χ1) is 13.4. The van der Waals surface area contributed by atoms with Gasteiger partial charge in [-0.3, -0.25) is 0 Å². The zero-order chi connectivity index (χ0) is 19.7. The minimum atomic E-state index is -3.50. The summed E-state index contributed by atoms with van der Waals surface area (Å²) >= 11 is 3.33. The van der Waals surface area contributed by atoms with Gasteiger partial charge < -0.3 is 4.90 Å². The standard InChI is InChI=1S/C18H19BrN6O2S/c1-14-21-17(13-18(22-14)25-8-2-7-20-25)23-9-11-24(12-10-23)28(26,27)16-5-3-15(19)4-6-16/h2-8,13H,9-12H2,1H3. The molecule has 4 rings (SSSR count). The van der Waals surface area contributed by atoms with E-state index in [0.717, 1.165) is 10.3 Å². The molecule has 0 amide bonds. The Bertz CT molecular complexity index is 1060. The van der Waals surface area contributed by atoms with Crippen LogP contribution < -0.4 is 4.90 Å². The normalized spacial score (nSPS) is 15.7. The van der Waals surface area contributed by atoms with E-state index in [1.165, 1.54) is 4.31 Å². The molecule has 1 saturated heterocycles. The van der Waals surface area contributed by atoms with Crippen LogP contribution in [0.3, 0.4) is 0 Å². The van der Waals surface area contributed by atoms with E-state index in [0.29, 0.717) is 42.7 Å². The second-order valence-electron chi connectivity index (χ2n) is 6.43. The number of sulfonamides is 1. The van der Waals surface area contributed by atoms with Crippen molar-refractivity contribution in [1.82, 2.24) is 24.1 Å². The van der Waals surface area contributed by atoms with Crippen LogP contribution in [-0.4, -0.2) is 58.7 Å². The Balaban J connectivity index is 1.51. The molecule has 0 unspecified atom stereocenters. The molecule has 1 aromatic carbocycles. The third-order valence-electron chi connectivity index (χ3n) is 4.56. The van der Waals surface area contributed by atoms with Crippen molar-refractivity contribution in [3.63, 3.8) is 0 Å². The van der Waals surface area contributed by atoms with Crippen LogP contribution in [0, 0.1) is 6.92 Å². The van der Waals surface area contributed by atoms with Gasteiger partial charge in [0.1, 0.15) is 11.6 Å². The summed E-state index contributed by atoms with van der Waals surface area (Å²) in [4.78, 5) is 11.3. The monoisotopic (exact) mass is 462 g/mol. The van der Waals surface area contributed by atoms with Gasteiger partial charge in [0.2, 0.25) is 10.0 Å². The van der Waals surface area contributed by atoms with Crippen LogP contribution in [0.2, 0.25) is 0 Å². The largest absolute Gasteiger partial charge is 0.354 e. The fourth-order valence-corrected chi connectivity index (χ4v) is 4.82. The molecule has 0 bridgehead atoms. The summed E-state index contributed by atoms with van der Waals surface area (Å²) in [7, 11) is -3.50. The van der Waals surface area contributed by atoms with Crippen molar-refractivity contribution < 1.29 is 8.42 Å². The highest BCUT2D eigenvalue weighted by Gasteiger charge is 2.29. The van der Waals surface area contributed by atoms with Crippen molar-refractivity contribution >= 4 is 31.8 Å². The average molecular weight is 463 g/mol. The van der Waals surface area contributed by atoms with Gasteiger partial charge in [-0.15, -0.1) is 0 Å². The Hall–Kier alpha value is -2.30. The van der Waals surface area contributed by atoms with E-state index in [-0.39, 0.29) is 0 Å². The minimum Gasteiger partial charge on any atom is -0.354 e. The summed E-state index contributed by atoms with van der Waals surface area (Å²) in [5.74, 6) is 2.11. The van der Waals surface area contributed by atoms with Gasteiger partial charge in [0.15, 0.2) is 5.82 Å². The molecular formula is C18H19BrN6O2S. The lowest BCUT2D eigenvalue weighted by molar-refractivity contribution is 0.383. The molecule has 0 N–H and O–H groups in total. The van der Waals surface area contributed by atoms with E-state index in [1.807, 2.05) is 25.3 Å². The zero-order valence-electron chi connectivity index (χ0n) is 15.2. The molecule has 3 heterocycles. The van der Waals surface area contributed by atoms with E-state index < -0.39 is 10.0 Å². The van der Waals surface area contributed by atoms with Gasteiger partial charge in [-0.05, 0) is 37.3 Å². The van der Waals surface area contributed by atoms with Gasteiger partial charge in [-0.1, -0.05) is 15.9 Å². The summed E-state index contributed by atoms with van der Waals surface area (Å²) in [5.41, 5.74) is 0. The molecule has 10 heteroatoms. The smallest absolute Gasteiger partial charge is 0.243 e. The second-order valence-corrected chi connectivity index (χ2v) is 9.28. The molecule has 0 atom stereocenters. The lowest BCUT2D eigenvalue weighted by atomic mass is 10.3. The first-order valence-electron chi connectivity index (χ1n) is 8.80. The number of piperazine rings is 1. The summed E-state index contributed by atoms with van der Waals surface area (Å²) in [6.07, 6.45) is 3.52. The van der Waals surface area contributed by atoms with Crippen LogP contribution in [0.4, 0.5) is 5.82 Å². The maximum Gasteiger partial charge on any atom is 0.243 e. The predicted molar refractivity (Wildman–Crippen MR) is 109 cm³/mol. The molecule has 1 aliphatic rings. The van der Waals surface area contributed by atoms with Gasteiger partial charge in [-0.2, -0.15) is 9.40 Å². The molecule has 2 aromatic heterocycles. The van der Waals surface area contributed by atoms with E-state index >= 15 is 0 Å². The summed E-state index contributed by atoms with van der Waals surface area (Å²) in [6, 6.07) is 10.4. The average Bonchev–Trinajstić information content (AvgIpc) is 3.23. The first kappa shape index (κ1) is 19.0. The number of halogens is 1. The third-order valence-corrected chi connectivity index (χ3v) is 7.01. The molecule has 0 radical (unpaired) electrons. The predicted octanol–water partition coefficient (Wildman–Crippen LogP) is 2.24. The van der Waals surface area contributed by atoms with Gasteiger partial charge >= 0.3 is 0 Å². The van der Waals surface area contributed by atoms with Gasteiger partial charge in [0, 0.05) is 49.1 Å². The Morgan fingerprint density at radius 1 is 1.00 bits per heavy atom. The quantitative estimate of drug-likeness (QED) is 0.590. The number of hydrogen-bond donors (Lipinski definition) is 0. The van der Waals surface area contributed by atoms with Crippen LogP contribution >= 0.6 is 15.9 Å². The minimum absolute atomic E-state index is 0.308. The Kier molecular flexibility index (Phi) is 5.17. The van der Waals surface area contributed by atoms with Crippen LogP contribution in [0.1, 0.15) is 5.82 Å². The number of anilines is 1. The number of rotatable bonds is 4. The number of aryl methyl sites for hydroxylation is 1. The fraction of sp³-hybridized carbons (Fsp3) is 0.278. The van der Waals surface area contributed by atoms with Gasteiger partial charge in [-0.25, -0.2) is 23.1 Å². The molecule has 0 aliphatic carbocycles. The number of aromatic nitrogens is 4. The third kappa shape index (κ3) is 3.80. The summed E-state index contributed by atoms with van der Waals surface area (Å²) < 4.78 is 29.8. The highest BCUT2D eigenvalue weighted by Crippen LogP contribution is 2.22. The molecule has 0 saturated carbocycles. The Morgan fingerprint density at radius 3 is 2.32 bits per heavy atom. The Labute approximate surface area is 172 Å². The second kappa shape index (κ2) is 7.61. The summed E-state index contributed by atoms with van der Waals surface area (Å²) in [5, 5.41) is 4.21.